The van der Waals surface area contributed by atoms with Crippen molar-refractivity contribution in [1.82, 2.24) is 0 Å². The van der Waals surface area contributed by atoms with E-state index in [-0.39, 0.29) is 66.2 Å². The minimum absolute atomic E-state index is 0.0548. The number of rotatable bonds is 26. The van der Waals surface area contributed by atoms with Crippen LogP contribution in [-0.2, 0) is 44.6 Å². The first kappa shape index (κ1) is 49.9. The zero-order chi connectivity index (χ0) is 48.3. The minimum atomic E-state index is -1.05. The quantitative estimate of drug-likeness (QED) is 0.0351. The van der Waals surface area contributed by atoms with E-state index >= 15 is 0 Å². The van der Waals surface area contributed by atoms with Gasteiger partial charge in [0.25, 0.3) is 0 Å². The Hall–Kier alpha value is -5.97. The maximum atomic E-state index is 14.4. The van der Waals surface area contributed by atoms with E-state index in [1.165, 1.54) is 0 Å². The highest BCUT2D eigenvalue weighted by Gasteiger charge is 2.39. The first-order valence-corrected chi connectivity index (χ1v) is 25.3. The van der Waals surface area contributed by atoms with E-state index in [4.69, 9.17) is 14.2 Å². The molecule has 1 aliphatic carbocycles. The summed E-state index contributed by atoms with van der Waals surface area (Å²) in [4.78, 5) is 66.1. The molecule has 0 fully saturated rings. The first-order valence-electron chi connectivity index (χ1n) is 25.3. The predicted octanol–water partition coefficient (Wildman–Crippen LogP) is 9.45. The lowest BCUT2D eigenvalue weighted by atomic mass is 9.77. The highest BCUT2D eigenvalue weighted by atomic mass is 16.6. The average molecular weight is 926 g/mol. The van der Waals surface area contributed by atoms with Crippen LogP contribution >= 0.6 is 0 Å². The maximum Gasteiger partial charge on any atom is 0.305 e. The van der Waals surface area contributed by atoms with Crippen molar-refractivity contribution in [2.24, 2.45) is 0 Å². The van der Waals surface area contributed by atoms with Crippen LogP contribution in [0, 0.1) is 0 Å². The SMILES string of the molecule is CCCCCC(=O)CCC1(COC(=O)CCCCC)Cc2cccc3c(C4=C([O-])/C(=c5\ccc6c7c(cccc57)NC(COC(=O)CCCCC)(COC(=O)CCCCC)C=6)C4=O)ccc(c23)N1. The predicted molar refractivity (Wildman–Crippen MR) is 267 cm³/mol. The van der Waals surface area contributed by atoms with Gasteiger partial charge in [-0.2, -0.15) is 0 Å². The molecule has 2 N–H and O–H groups in total. The summed E-state index contributed by atoms with van der Waals surface area (Å²) in [7, 11) is 0. The Morgan fingerprint density at radius 3 is 1.78 bits per heavy atom. The molecule has 0 aromatic heterocycles. The van der Waals surface area contributed by atoms with E-state index in [1.807, 2.05) is 60.7 Å². The van der Waals surface area contributed by atoms with Crippen LogP contribution in [0.5, 0.6) is 0 Å². The highest BCUT2D eigenvalue weighted by Crippen LogP contribution is 2.45. The van der Waals surface area contributed by atoms with E-state index in [0.29, 0.717) is 66.8 Å². The number of hydrogen-bond acceptors (Lipinski definition) is 11. The third-order valence-electron chi connectivity index (χ3n) is 13.8. The normalized spacial score (nSPS) is 17.5. The van der Waals surface area contributed by atoms with Crippen molar-refractivity contribution < 1.29 is 43.3 Å². The highest BCUT2D eigenvalue weighted by molar-refractivity contribution is 6.52. The fourth-order valence-corrected chi connectivity index (χ4v) is 10.0. The topological polar surface area (TPSA) is 160 Å². The number of carbonyl (C=O) groups excluding carboxylic acids is 5. The molecule has 0 radical (unpaired) electrons. The Balaban J connectivity index is 1.21. The Morgan fingerprint density at radius 2 is 1.16 bits per heavy atom. The van der Waals surface area contributed by atoms with Crippen LogP contribution in [0.25, 0.3) is 38.8 Å². The Morgan fingerprint density at radius 1 is 0.588 bits per heavy atom. The van der Waals surface area contributed by atoms with Gasteiger partial charge < -0.3 is 30.0 Å². The summed E-state index contributed by atoms with van der Waals surface area (Å²) in [5.74, 6) is -1.35. The fourth-order valence-electron chi connectivity index (χ4n) is 10.0. The summed E-state index contributed by atoms with van der Waals surface area (Å²) in [6.45, 7) is 8.37. The number of unbranched alkanes of at least 4 members (excludes halogenated alkanes) is 8. The summed E-state index contributed by atoms with van der Waals surface area (Å²) >= 11 is 0. The molecule has 362 valence electrons. The molecule has 0 saturated heterocycles. The van der Waals surface area contributed by atoms with E-state index in [1.54, 1.807) is 6.07 Å². The van der Waals surface area contributed by atoms with Gasteiger partial charge in [-0.3, -0.25) is 24.0 Å². The number of nitrogens with one attached hydrogen (secondary N) is 2. The zero-order valence-electron chi connectivity index (χ0n) is 40.6. The molecule has 68 heavy (non-hydrogen) atoms. The number of benzene rings is 4. The molecular formula is C57H69N2O9-. The molecular weight excluding hydrogens is 857 g/mol. The lowest BCUT2D eigenvalue weighted by Crippen LogP contribution is -2.49. The molecule has 7 rings (SSSR count). The van der Waals surface area contributed by atoms with Gasteiger partial charge in [0.2, 0.25) is 0 Å². The zero-order valence-corrected chi connectivity index (χ0v) is 40.6. The van der Waals surface area contributed by atoms with Gasteiger partial charge in [-0.25, -0.2) is 0 Å². The monoisotopic (exact) mass is 926 g/mol. The molecule has 1 atom stereocenters. The fraction of sp³-hybridized carbons (Fsp3) is 0.491. The van der Waals surface area contributed by atoms with Crippen LogP contribution in [0.2, 0.25) is 0 Å². The van der Waals surface area contributed by atoms with Gasteiger partial charge in [0, 0.05) is 65.4 Å². The largest absolute Gasteiger partial charge is 0.871 e. The number of Topliss-reactive ketones (excluding diaryl/α,β-unsaturated/α-hetero) is 2. The van der Waals surface area contributed by atoms with Gasteiger partial charge in [-0.1, -0.05) is 133 Å². The number of esters is 3. The Kier molecular flexibility index (Phi) is 16.8. The molecule has 11 heteroatoms. The van der Waals surface area contributed by atoms with Crippen molar-refractivity contribution in [2.45, 2.75) is 161 Å². The number of ether oxygens (including phenoxy) is 3. The van der Waals surface area contributed by atoms with Gasteiger partial charge in [0.05, 0.1) is 5.54 Å². The number of carbonyl (C=O) groups is 5. The number of anilines is 2. The molecule has 0 bridgehead atoms. The molecule has 11 nitrogen and oxygen atoms in total. The summed E-state index contributed by atoms with van der Waals surface area (Å²) in [5, 5.41) is 26.2. The van der Waals surface area contributed by atoms with Crippen molar-refractivity contribution in [2.75, 3.05) is 30.5 Å². The first-order chi connectivity index (χ1) is 33.0. The van der Waals surface area contributed by atoms with Crippen LogP contribution in [0.3, 0.4) is 0 Å². The van der Waals surface area contributed by atoms with Crippen LogP contribution in [-0.4, -0.2) is 60.4 Å². The van der Waals surface area contributed by atoms with Gasteiger partial charge in [-0.05, 0) is 89.1 Å². The van der Waals surface area contributed by atoms with Crippen LogP contribution < -0.4 is 26.2 Å². The van der Waals surface area contributed by atoms with E-state index in [9.17, 15) is 29.1 Å². The van der Waals surface area contributed by atoms with Crippen molar-refractivity contribution in [3.63, 3.8) is 0 Å². The molecule has 0 amide bonds. The Labute approximate surface area is 400 Å². The lowest BCUT2D eigenvalue weighted by Gasteiger charge is -2.40. The maximum absolute atomic E-state index is 14.4. The average Bonchev–Trinajstić information content (AvgIpc) is 3.33. The van der Waals surface area contributed by atoms with Crippen LogP contribution in [0.1, 0.15) is 154 Å². The molecule has 3 aliphatic rings. The van der Waals surface area contributed by atoms with Crippen molar-refractivity contribution in [3.05, 3.63) is 88.0 Å². The van der Waals surface area contributed by atoms with Crippen molar-refractivity contribution in [1.29, 1.82) is 0 Å². The van der Waals surface area contributed by atoms with E-state index < -0.39 is 11.1 Å². The van der Waals surface area contributed by atoms with Gasteiger partial charge in [-0.15, -0.1) is 0 Å². The summed E-state index contributed by atoms with van der Waals surface area (Å²) in [6.07, 6.45) is 15.7. The second-order valence-corrected chi connectivity index (χ2v) is 19.2. The lowest BCUT2D eigenvalue weighted by molar-refractivity contribution is -0.292. The van der Waals surface area contributed by atoms with Gasteiger partial charge in [0.1, 0.15) is 31.1 Å². The van der Waals surface area contributed by atoms with Crippen LogP contribution in [0.4, 0.5) is 11.4 Å². The molecule has 2 aliphatic heterocycles. The third-order valence-corrected chi connectivity index (χ3v) is 13.8. The molecule has 4 aromatic rings. The molecule has 1 unspecified atom stereocenters. The summed E-state index contributed by atoms with van der Waals surface area (Å²) in [5.41, 5.74) is 1.54. The van der Waals surface area contributed by atoms with Gasteiger partial charge >= 0.3 is 17.9 Å². The second-order valence-electron chi connectivity index (χ2n) is 19.2. The van der Waals surface area contributed by atoms with Crippen LogP contribution in [0.15, 0.2) is 66.4 Å². The number of allylic oxidation sites excluding steroid dienone is 2. The Bertz CT molecular complexity index is 2630. The molecule has 0 saturated carbocycles. The molecule has 2 heterocycles. The third kappa shape index (κ3) is 11.3. The van der Waals surface area contributed by atoms with E-state index in [0.717, 1.165) is 110 Å². The summed E-state index contributed by atoms with van der Waals surface area (Å²) < 4.78 is 17.6. The van der Waals surface area contributed by atoms with Crippen molar-refractivity contribution in [3.8, 4) is 0 Å². The molecule has 0 spiro atoms. The number of hydrogen-bond donors (Lipinski definition) is 2. The summed E-state index contributed by atoms with van der Waals surface area (Å²) in [6, 6.07) is 18.9. The van der Waals surface area contributed by atoms with Gasteiger partial charge in [0.15, 0.2) is 5.78 Å². The smallest absolute Gasteiger partial charge is 0.305 e. The van der Waals surface area contributed by atoms with Crippen molar-refractivity contribution >= 4 is 79.6 Å². The van der Waals surface area contributed by atoms with E-state index in [2.05, 4.69) is 38.3 Å². The molecule has 4 aromatic carbocycles. The number of ketones is 2. The second kappa shape index (κ2) is 22.9. The minimum Gasteiger partial charge on any atom is -0.871 e. The standard InChI is InChI=1S/C57H70N2O9/c1-5-9-13-20-40(60)31-32-56(35-66-47(61)24-14-10-6-2)33-38-19-17-21-41-44(29-30-46(58-56)50(38)41)53-54(64)52(55(53)65)43-28-27-39-34-57(36-67-48(62)25-15-11-7-3,37-68-49(63)26-16-12-8-4)59-45-23-18-22-42(43)51(39)45/h17-19,21-23,27-30,34,58-59,64H,5-16,20,24-26,31-33,35-37H2,1-4H3/p-1/b52-43-.